The fraction of sp³-hybridized carbons (Fsp3) is 0.571. The van der Waals surface area contributed by atoms with Crippen LogP contribution in [0.4, 0.5) is 4.39 Å². The van der Waals surface area contributed by atoms with Crippen molar-refractivity contribution < 1.29 is 9.13 Å². The van der Waals surface area contributed by atoms with E-state index in [-0.39, 0.29) is 11.9 Å². The fourth-order valence-corrected chi connectivity index (χ4v) is 3.33. The highest BCUT2D eigenvalue weighted by Crippen LogP contribution is 2.44. The molecule has 0 saturated carbocycles. The lowest BCUT2D eigenvalue weighted by Gasteiger charge is -2.28. The molecule has 1 N–H and O–H groups in total. The lowest BCUT2D eigenvalue weighted by Crippen LogP contribution is -2.31. The molecule has 4 atom stereocenters. The number of fused-ring (bicyclic) bond motifs is 2. The third-order valence-electron chi connectivity index (χ3n) is 4.12. The summed E-state index contributed by atoms with van der Waals surface area (Å²) in [4.78, 5) is 0. The SMILES string of the molecule is CNC(c1ccc(F)cc1)C1CC2CCC1O2. The van der Waals surface area contributed by atoms with Crippen molar-refractivity contribution in [2.75, 3.05) is 7.05 Å². The van der Waals surface area contributed by atoms with E-state index in [0.717, 1.165) is 12.0 Å². The van der Waals surface area contributed by atoms with Crippen molar-refractivity contribution in [3.63, 3.8) is 0 Å². The number of halogens is 1. The molecule has 2 bridgehead atoms. The van der Waals surface area contributed by atoms with Gasteiger partial charge in [0.2, 0.25) is 0 Å². The number of hydrogen-bond donors (Lipinski definition) is 1. The van der Waals surface area contributed by atoms with Gasteiger partial charge in [0.05, 0.1) is 12.2 Å². The van der Waals surface area contributed by atoms with Gasteiger partial charge < -0.3 is 10.1 Å². The Morgan fingerprint density at radius 3 is 2.59 bits per heavy atom. The topological polar surface area (TPSA) is 21.3 Å². The summed E-state index contributed by atoms with van der Waals surface area (Å²) >= 11 is 0. The van der Waals surface area contributed by atoms with E-state index in [1.807, 2.05) is 19.2 Å². The van der Waals surface area contributed by atoms with Crippen LogP contribution in [0.5, 0.6) is 0 Å². The van der Waals surface area contributed by atoms with Gasteiger partial charge in [0.25, 0.3) is 0 Å². The van der Waals surface area contributed by atoms with Crippen molar-refractivity contribution in [1.82, 2.24) is 5.32 Å². The summed E-state index contributed by atoms with van der Waals surface area (Å²) in [6.07, 6.45) is 4.37. The van der Waals surface area contributed by atoms with Crippen LogP contribution in [0.25, 0.3) is 0 Å². The summed E-state index contributed by atoms with van der Waals surface area (Å²) < 4.78 is 18.8. The molecule has 1 aromatic carbocycles. The van der Waals surface area contributed by atoms with Gasteiger partial charge in [-0.3, -0.25) is 0 Å². The zero-order valence-electron chi connectivity index (χ0n) is 10.0. The molecule has 0 aromatic heterocycles. The first kappa shape index (κ1) is 11.2. The highest BCUT2D eigenvalue weighted by atomic mass is 19.1. The minimum Gasteiger partial charge on any atom is -0.375 e. The quantitative estimate of drug-likeness (QED) is 0.869. The molecule has 2 aliphatic heterocycles. The van der Waals surface area contributed by atoms with Crippen LogP contribution in [0.1, 0.15) is 30.9 Å². The number of hydrogen-bond acceptors (Lipinski definition) is 2. The third-order valence-corrected chi connectivity index (χ3v) is 4.12. The molecule has 2 aliphatic rings. The van der Waals surface area contributed by atoms with Gasteiger partial charge in [-0.2, -0.15) is 0 Å². The molecule has 4 unspecified atom stereocenters. The van der Waals surface area contributed by atoms with Crippen LogP contribution in [0.3, 0.4) is 0 Å². The van der Waals surface area contributed by atoms with Crippen molar-refractivity contribution in [1.29, 1.82) is 0 Å². The molecular formula is C14H18FNO. The monoisotopic (exact) mass is 235 g/mol. The van der Waals surface area contributed by atoms with Crippen LogP contribution in [-0.4, -0.2) is 19.3 Å². The zero-order valence-corrected chi connectivity index (χ0v) is 10.0. The zero-order chi connectivity index (χ0) is 11.8. The van der Waals surface area contributed by atoms with E-state index >= 15 is 0 Å². The van der Waals surface area contributed by atoms with E-state index in [1.54, 1.807) is 0 Å². The Balaban J connectivity index is 1.81. The molecule has 1 aromatic rings. The van der Waals surface area contributed by atoms with E-state index in [0.29, 0.717) is 18.1 Å². The molecule has 2 fully saturated rings. The van der Waals surface area contributed by atoms with Crippen molar-refractivity contribution in [3.8, 4) is 0 Å². The second kappa shape index (κ2) is 4.39. The normalized spacial score (nSPS) is 32.9. The van der Waals surface area contributed by atoms with Crippen molar-refractivity contribution in [2.24, 2.45) is 5.92 Å². The second-order valence-electron chi connectivity index (χ2n) is 5.09. The lowest BCUT2D eigenvalue weighted by atomic mass is 9.81. The first-order valence-corrected chi connectivity index (χ1v) is 6.36. The number of rotatable bonds is 3. The molecule has 92 valence electrons. The minimum atomic E-state index is -0.173. The molecule has 0 spiro atoms. The summed E-state index contributed by atoms with van der Waals surface area (Å²) in [5.74, 6) is 0.358. The average molecular weight is 235 g/mol. The predicted octanol–water partition coefficient (Wildman–Crippen LogP) is 2.65. The number of benzene rings is 1. The molecule has 3 rings (SSSR count). The van der Waals surface area contributed by atoms with E-state index < -0.39 is 0 Å². The Kier molecular flexibility index (Phi) is 2.89. The van der Waals surface area contributed by atoms with Crippen LogP contribution in [0.15, 0.2) is 24.3 Å². The van der Waals surface area contributed by atoms with Crippen molar-refractivity contribution >= 4 is 0 Å². The molecule has 2 heterocycles. The first-order valence-electron chi connectivity index (χ1n) is 6.36. The lowest BCUT2D eigenvalue weighted by molar-refractivity contribution is 0.0863. The van der Waals surface area contributed by atoms with Gasteiger partial charge in [0.15, 0.2) is 0 Å². The maximum Gasteiger partial charge on any atom is 0.123 e. The Hall–Kier alpha value is -0.930. The fourth-order valence-electron chi connectivity index (χ4n) is 3.33. The molecule has 2 saturated heterocycles. The standard InChI is InChI=1S/C14H18FNO/c1-16-14(9-2-4-10(15)5-3-9)12-8-11-6-7-13(12)17-11/h2-5,11-14,16H,6-8H2,1H3. The van der Waals surface area contributed by atoms with Crippen LogP contribution in [-0.2, 0) is 4.74 Å². The van der Waals surface area contributed by atoms with E-state index in [1.165, 1.54) is 25.0 Å². The Labute approximate surface area is 101 Å². The van der Waals surface area contributed by atoms with Crippen molar-refractivity contribution in [2.45, 2.75) is 37.5 Å². The maximum atomic E-state index is 12.9. The van der Waals surface area contributed by atoms with Gasteiger partial charge in [-0.05, 0) is 44.0 Å². The Morgan fingerprint density at radius 1 is 1.29 bits per heavy atom. The summed E-state index contributed by atoms with van der Waals surface area (Å²) in [6.45, 7) is 0. The summed E-state index contributed by atoms with van der Waals surface area (Å²) in [7, 11) is 1.97. The van der Waals surface area contributed by atoms with Gasteiger partial charge in [0, 0.05) is 12.0 Å². The van der Waals surface area contributed by atoms with Crippen molar-refractivity contribution in [3.05, 3.63) is 35.6 Å². The van der Waals surface area contributed by atoms with Crippen LogP contribution >= 0.6 is 0 Å². The minimum absolute atomic E-state index is 0.173. The van der Waals surface area contributed by atoms with Crippen LogP contribution in [0, 0.1) is 11.7 Å². The van der Waals surface area contributed by atoms with E-state index in [4.69, 9.17) is 4.74 Å². The van der Waals surface area contributed by atoms with Crippen LogP contribution < -0.4 is 5.32 Å². The molecular weight excluding hydrogens is 217 g/mol. The smallest absolute Gasteiger partial charge is 0.123 e. The van der Waals surface area contributed by atoms with Gasteiger partial charge >= 0.3 is 0 Å². The molecule has 0 radical (unpaired) electrons. The number of ether oxygens (including phenoxy) is 1. The average Bonchev–Trinajstić information content (AvgIpc) is 2.95. The molecule has 0 aliphatic carbocycles. The highest BCUT2D eigenvalue weighted by molar-refractivity contribution is 5.21. The second-order valence-corrected chi connectivity index (χ2v) is 5.09. The third kappa shape index (κ3) is 1.98. The molecule has 2 nitrogen and oxygen atoms in total. The summed E-state index contributed by atoms with van der Waals surface area (Å²) in [5, 5.41) is 3.36. The Morgan fingerprint density at radius 2 is 2.06 bits per heavy atom. The molecule has 3 heteroatoms. The Bertz CT molecular complexity index is 392. The molecule has 17 heavy (non-hydrogen) atoms. The number of nitrogens with one attached hydrogen (secondary N) is 1. The van der Waals surface area contributed by atoms with Gasteiger partial charge in [-0.15, -0.1) is 0 Å². The largest absolute Gasteiger partial charge is 0.375 e. The van der Waals surface area contributed by atoms with Crippen LogP contribution in [0.2, 0.25) is 0 Å². The van der Waals surface area contributed by atoms with E-state index in [2.05, 4.69) is 5.32 Å². The summed E-state index contributed by atoms with van der Waals surface area (Å²) in [5.41, 5.74) is 1.16. The highest BCUT2D eigenvalue weighted by Gasteiger charge is 2.44. The van der Waals surface area contributed by atoms with E-state index in [9.17, 15) is 4.39 Å². The predicted molar refractivity (Wildman–Crippen MR) is 64.2 cm³/mol. The van der Waals surface area contributed by atoms with Gasteiger partial charge in [0.1, 0.15) is 5.82 Å². The maximum absolute atomic E-state index is 12.9. The van der Waals surface area contributed by atoms with Gasteiger partial charge in [-0.1, -0.05) is 12.1 Å². The molecule has 0 amide bonds. The summed E-state index contributed by atoms with van der Waals surface area (Å²) in [6, 6.07) is 7.11. The first-order chi connectivity index (χ1) is 8.28. The van der Waals surface area contributed by atoms with Gasteiger partial charge in [-0.25, -0.2) is 4.39 Å².